The number of benzene rings is 2. The van der Waals surface area contributed by atoms with E-state index in [2.05, 4.69) is 5.32 Å². The van der Waals surface area contributed by atoms with Gasteiger partial charge in [-0.2, -0.15) is 0 Å². The van der Waals surface area contributed by atoms with E-state index in [9.17, 15) is 9.59 Å². The van der Waals surface area contributed by atoms with Gasteiger partial charge in [-0.05, 0) is 54.4 Å². The van der Waals surface area contributed by atoms with Gasteiger partial charge in [-0.1, -0.05) is 23.2 Å². The number of rotatable bonds is 3. The third kappa shape index (κ3) is 3.45. The molecule has 0 bridgehead atoms. The number of aryl methyl sites for hydroxylation is 1. The highest BCUT2D eigenvalue weighted by atomic mass is 35.5. The summed E-state index contributed by atoms with van der Waals surface area (Å²) >= 11 is 12.0. The molecule has 0 aliphatic rings. The van der Waals surface area contributed by atoms with Crippen LogP contribution in [0.25, 0.3) is 11.0 Å². The number of hydrogen-bond acceptors (Lipinski definition) is 3. The van der Waals surface area contributed by atoms with Crippen molar-refractivity contribution in [3.8, 4) is 0 Å². The first-order chi connectivity index (χ1) is 11.4. The number of carbonyl (C=O) groups excluding carboxylic acids is 1. The zero-order chi connectivity index (χ0) is 17.3. The van der Waals surface area contributed by atoms with Crippen molar-refractivity contribution in [2.45, 2.75) is 13.5 Å². The zero-order valence-corrected chi connectivity index (χ0v) is 14.2. The van der Waals surface area contributed by atoms with E-state index in [0.29, 0.717) is 32.1 Å². The van der Waals surface area contributed by atoms with E-state index >= 15 is 0 Å². The van der Waals surface area contributed by atoms with E-state index in [-0.39, 0.29) is 12.5 Å². The third-order valence-electron chi connectivity index (χ3n) is 3.66. The van der Waals surface area contributed by atoms with E-state index in [1.165, 1.54) is 6.07 Å². The van der Waals surface area contributed by atoms with Crippen LogP contribution in [0.5, 0.6) is 0 Å². The molecule has 1 aromatic heterocycles. The molecule has 0 radical (unpaired) electrons. The van der Waals surface area contributed by atoms with E-state index in [4.69, 9.17) is 27.6 Å². The fourth-order valence-corrected chi connectivity index (χ4v) is 2.66. The van der Waals surface area contributed by atoms with Gasteiger partial charge >= 0.3 is 5.63 Å². The molecule has 0 saturated carbocycles. The summed E-state index contributed by atoms with van der Waals surface area (Å²) in [5.74, 6) is -0.258. The van der Waals surface area contributed by atoms with Crippen LogP contribution in [0.2, 0.25) is 10.0 Å². The molecule has 1 amide bonds. The predicted octanol–water partition coefficient (Wildman–Crippen LogP) is 4.34. The molecule has 3 rings (SSSR count). The summed E-state index contributed by atoms with van der Waals surface area (Å²) in [6.45, 7) is 2.01. The lowest BCUT2D eigenvalue weighted by atomic mass is 10.1. The zero-order valence-electron chi connectivity index (χ0n) is 12.7. The van der Waals surface area contributed by atoms with E-state index in [0.717, 1.165) is 5.56 Å². The third-order valence-corrected chi connectivity index (χ3v) is 4.31. The van der Waals surface area contributed by atoms with Crippen molar-refractivity contribution in [2.24, 2.45) is 0 Å². The Morgan fingerprint density at radius 2 is 1.83 bits per heavy atom. The van der Waals surface area contributed by atoms with Crippen molar-refractivity contribution >= 4 is 40.1 Å². The second kappa shape index (κ2) is 6.67. The smallest absolute Gasteiger partial charge is 0.336 e. The highest BCUT2D eigenvalue weighted by molar-refractivity contribution is 6.32. The van der Waals surface area contributed by atoms with Crippen LogP contribution in [0.4, 0.5) is 0 Å². The Hall–Kier alpha value is -2.30. The van der Waals surface area contributed by atoms with Gasteiger partial charge in [0, 0.05) is 33.6 Å². The maximum Gasteiger partial charge on any atom is 0.336 e. The molecular formula is C18H13Cl2NO3. The monoisotopic (exact) mass is 361 g/mol. The number of nitrogens with one attached hydrogen (secondary N) is 1. The average molecular weight is 362 g/mol. The quantitative estimate of drug-likeness (QED) is 0.706. The van der Waals surface area contributed by atoms with Crippen LogP contribution in [0.15, 0.2) is 51.7 Å². The first kappa shape index (κ1) is 16.6. The highest BCUT2D eigenvalue weighted by Crippen LogP contribution is 2.25. The minimum absolute atomic E-state index is 0.183. The topological polar surface area (TPSA) is 59.3 Å². The summed E-state index contributed by atoms with van der Waals surface area (Å²) in [6.07, 6.45) is 0. The Balaban J connectivity index is 1.89. The predicted molar refractivity (Wildman–Crippen MR) is 94.9 cm³/mol. The van der Waals surface area contributed by atoms with Crippen LogP contribution in [-0.4, -0.2) is 5.91 Å². The minimum Gasteiger partial charge on any atom is -0.423 e. The number of carbonyl (C=O) groups is 1. The molecule has 0 atom stereocenters. The minimum atomic E-state index is -0.472. The Bertz CT molecular complexity index is 978. The standard InChI is InChI=1S/C18H13Cl2NO3/c1-10-6-16-14(8-15(10)20)12(7-17(22)24-16)9-21-18(23)11-2-4-13(19)5-3-11/h2-8H,9H2,1H3,(H,21,23). The van der Waals surface area contributed by atoms with E-state index in [1.807, 2.05) is 6.92 Å². The Morgan fingerprint density at radius 3 is 2.54 bits per heavy atom. The molecule has 0 aliphatic heterocycles. The van der Waals surface area contributed by atoms with Crippen LogP contribution < -0.4 is 10.9 Å². The summed E-state index contributed by atoms with van der Waals surface area (Å²) < 4.78 is 5.20. The lowest BCUT2D eigenvalue weighted by Gasteiger charge is -2.09. The average Bonchev–Trinajstić information content (AvgIpc) is 2.54. The van der Waals surface area contributed by atoms with E-state index in [1.54, 1.807) is 36.4 Å². The second-order valence-electron chi connectivity index (χ2n) is 5.38. The largest absolute Gasteiger partial charge is 0.423 e. The number of fused-ring (bicyclic) bond motifs is 1. The number of halogens is 2. The summed E-state index contributed by atoms with van der Waals surface area (Å²) in [4.78, 5) is 23.9. The van der Waals surface area contributed by atoms with Gasteiger partial charge in [0.05, 0.1) is 0 Å². The van der Waals surface area contributed by atoms with Gasteiger partial charge in [-0.3, -0.25) is 4.79 Å². The molecule has 1 N–H and O–H groups in total. The molecular weight excluding hydrogens is 349 g/mol. The molecule has 6 heteroatoms. The van der Waals surface area contributed by atoms with Gasteiger partial charge in [0.1, 0.15) is 5.58 Å². The maximum atomic E-state index is 12.2. The highest BCUT2D eigenvalue weighted by Gasteiger charge is 2.11. The lowest BCUT2D eigenvalue weighted by Crippen LogP contribution is -2.23. The fourth-order valence-electron chi connectivity index (χ4n) is 2.37. The molecule has 0 saturated heterocycles. The SMILES string of the molecule is Cc1cc2oc(=O)cc(CNC(=O)c3ccc(Cl)cc3)c2cc1Cl. The summed E-state index contributed by atoms with van der Waals surface area (Å²) in [7, 11) is 0. The number of hydrogen-bond donors (Lipinski definition) is 1. The summed E-state index contributed by atoms with van der Waals surface area (Å²) in [5.41, 5.74) is 1.92. The lowest BCUT2D eigenvalue weighted by molar-refractivity contribution is 0.0951. The molecule has 0 fully saturated rings. The van der Waals surface area contributed by atoms with Gasteiger partial charge in [0.15, 0.2) is 0 Å². The van der Waals surface area contributed by atoms with Crippen LogP contribution in [-0.2, 0) is 6.54 Å². The number of amides is 1. The molecule has 24 heavy (non-hydrogen) atoms. The van der Waals surface area contributed by atoms with Crippen LogP contribution >= 0.6 is 23.2 Å². The van der Waals surface area contributed by atoms with Crippen molar-refractivity contribution in [2.75, 3.05) is 0 Å². The Labute approximate surface area is 148 Å². The van der Waals surface area contributed by atoms with Crippen LogP contribution in [0, 0.1) is 6.92 Å². The first-order valence-electron chi connectivity index (χ1n) is 7.20. The van der Waals surface area contributed by atoms with Crippen molar-refractivity contribution in [1.82, 2.24) is 5.32 Å². The summed E-state index contributed by atoms with van der Waals surface area (Å²) in [5, 5.41) is 4.61. The molecule has 0 spiro atoms. The normalized spacial score (nSPS) is 10.8. The van der Waals surface area contributed by atoms with Gasteiger partial charge < -0.3 is 9.73 Å². The van der Waals surface area contributed by atoms with Crippen molar-refractivity contribution in [3.05, 3.63) is 79.6 Å². The van der Waals surface area contributed by atoms with Crippen molar-refractivity contribution < 1.29 is 9.21 Å². The Kier molecular flexibility index (Phi) is 4.60. The van der Waals surface area contributed by atoms with Gasteiger partial charge in [-0.15, -0.1) is 0 Å². The Morgan fingerprint density at radius 1 is 1.12 bits per heavy atom. The van der Waals surface area contributed by atoms with Crippen LogP contribution in [0.1, 0.15) is 21.5 Å². The molecule has 3 aromatic rings. The second-order valence-corrected chi connectivity index (χ2v) is 6.22. The van der Waals surface area contributed by atoms with Crippen molar-refractivity contribution in [1.29, 1.82) is 0 Å². The van der Waals surface area contributed by atoms with Crippen molar-refractivity contribution in [3.63, 3.8) is 0 Å². The van der Waals surface area contributed by atoms with Gasteiger partial charge in [0.25, 0.3) is 5.91 Å². The first-order valence-corrected chi connectivity index (χ1v) is 7.96. The molecule has 4 nitrogen and oxygen atoms in total. The van der Waals surface area contributed by atoms with E-state index < -0.39 is 5.63 Å². The van der Waals surface area contributed by atoms with Crippen LogP contribution in [0.3, 0.4) is 0 Å². The molecule has 122 valence electrons. The molecule has 2 aromatic carbocycles. The van der Waals surface area contributed by atoms with Gasteiger partial charge in [0.2, 0.25) is 0 Å². The fraction of sp³-hybridized carbons (Fsp3) is 0.111. The maximum absolute atomic E-state index is 12.2. The molecule has 0 aliphatic carbocycles. The summed E-state index contributed by atoms with van der Waals surface area (Å²) in [6, 6.07) is 11.4. The van der Waals surface area contributed by atoms with Gasteiger partial charge in [-0.25, -0.2) is 4.79 Å². The molecule has 0 unspecified atom stereocenters. The molecule has 1 heterocycles.